The minimum Gasteiger partial charge on any atom is -0.492 e. The third kappa shape index (κ3) is 2.60. The van der Waals surface area contributed by atoms with Crippen LogP contribution in [0.25, 0.3) is 21.9 Å². The molecule has 0 fully saturated rings. The van der Waals surface area contributed by atoms with Crippen molar-refractivity contribution in [2.45, 2.75) is 32.0 Å². The van der Waals surface area contributed by atoms with E-state index in [0.717, 1.165) is 0 Å². The molecule has 23 heavy (non-hydrogen) atoms. The number of fused-ring (bicyclic) bond motifs is 3. The van der Waals surface area contributed by atoms with E-state index < -0.39 is 17.3 Å². The van der Waals surface area contributed by atoms with E-state index in [1.54, 1.807) is 12.1 Å². The van der Waals surface area contributed by atoms with Crippen LogP contribution in [0.3, 0.4) is 0 Å². The molecule has 0 aliphatic carbocycles. The van der Waals surface area contributed by atoms with E-state index >= 15 is 0 Å². The van der Waals surface area contributed by atoms with Crippen molar-refractivity contribution < 1.29 is 23.8 Å². The van der Waals surface area contributed by atoms with Gasteiger partial charge >= 0.3 is 5.63 Å². The summed E-state index contributed by atoms with van der Waals surface area (Å²) in [6, 6.07) is 4.63. The lowest BCUT2D eigenvalue weighted by Crippen LogP contribution is -2.37. The summed E-state index contributed by atoms with van der Waals surface area (Å²) in [5.74, 6) is 0.453. The van der Waals surface area contributed by atoms with E-state index in [1.807, 2.05) is 0 Å². The van der Waals surface area contributed by atoms with Gasteiger partial charge in [0.05, 0.1) is 30.5 Å². The molecule has 6 heteroatoms. The van der Waals surface area contributed by atoms with Crippen LogP contribution in [0.15, 0.2) is 38.1 Å². The second-order valence-corrected chi connectivity index (χ2v) is 6.05. The van der Waals surface area contributed by atoms with Crippen LogP contribution >= 0.6 is 0 Å². The van der Waals surface area contributed by atoms with Gasteiger partial charge in [-0.15, -0.1) is 0 Å². The van der Waals surface area contributed by atoms with E-state index in [-0.39, 0.29) is 6.42 Å². The highest BCUT2D eigenvalue weighted by Gasteiger charge is 2.28. The fourth-order valence-corrected chi connectivity index (χ4v) is 2.64. The quantitative estimate of drug-likeness (QED) is 0.717. The van der Waals surface area contributed by atoms with Crippen LogP contribution < -0.4 is 10.4 Å². The van der Waals surface area contributed by atoms with E-state index in [2.05, 4.69) is 0 Å². The van der Waals surface area contributed by atoms with E-state index in [0.29, 0.717) is 33.3 Å². The molecule has 0 bridgehead atoms. The summed E-state index contributed by atoms with van der Waals surface area (Å²) in [6.45, 7) is 3.05. The van der Waals surface area contributed by atoms with Crippen LogP contribution in [-0.2, 0) is 6.42 Å². The molecule has 0 spiro atoms. The summed E-state index contributed by atoms with van der Waals surface area (Å²) in [5.41, 5.74) is -0.333. The minimum absolute atomic E-state index is 0.119. The molecule has 0 amide bonds. The summed E-state index contributed by atoms with van der Waals surface area (Å²) in [4.78, 5) is 11.6. The first kappa shape index (κ1) is 15.6. The van der Waals surface area contributed by atoms with Crippen molar-refractivity contribution in [3.8, 4) is 5.75 Å². The average Bonchev–Trinajstić information content (AvgIpc) is 2.95. The highest BCUT2D eigenvalue weighted by molar-refractivity contribution is 6.07. The van der Waals surface area contributed by atoms with Gasteiger partial charge in [0.2, 0.25) is 0 Å². The lowest BCUT2D eigenvalue weighted by atomic mass is 9.92. The molecule has 0 saturated heterocycles. The lowest BCUT2D eigenvalue weighted by Gasteiger charge is -2.25. The Morgan fingerprint density at radius 3 is 2.61 bits per heavy atom. The fourth-order valence-electron chi connectivity index (χ4n) is 2.64. The summed E-state index contributed by atoms with van der Waals surface area (Å²) < 4.78 is 16.3. The van der Waals surface area contributed by atoms with E-state index in [1.165, 1.54) is 33.3 Å². The van der Waals surface area contributed by atoms with Gasteiger partial charge in [-0.05, 0) is 26.0 Å². The van der Waals surface area contributed by atoms with Gasteiger partial charge in [-0.25, -0.2) is 4.79 Å². The van der Waals surface area contributed by atoms with E-state index in [9.17, 15) is 15.0 Å². The molecule has 0 radical (unpaired) electrons. The van der Waals surface area contributed by atoms with Crippen LogP contribution in [0.1, 0.15) is 19.4 Å². The van der Waals surface area contributed by atoms with Gasteiger partial charge in [-0.3, -0.25) is 0 Å². The molecule has 0 unspecified atom stereocenters. The smallest absolute Gasteiger partial charge is 0.336 e. The molecular weight excluding hydrogens is 300 g/mol. The Bertz CT molecular complexity index is 912. The number of hydrogen-bond donors (Lipinski definition) is 2. The van der Waals surface area contributed by atoms with Gasteiger partial charge in [0.15, 0.2) is 11.3 Å². The molecule has 2 heterocycles. The van der Waals surface area contributed by atoms with Crippen molar-refractivity contribution in [3.63, 3.8) is 0 Å². The molecule has 6 nitrogen and oxygen atoms in total. The largest absolute Gasteiger partial charge is 0.492 e. The zero-order valence-corrected chi connectivity index (χ0v) is 13.1. The molecular formula is C17H18O6. The van der Waals surface area contributed by atoms with Crippen LogP contribution in [0, 0.1) is 0 Å². The lowest BCUT2D eigenvalue weighted by molar-refractivity contribution is -0.0469. The second-order valence-electron chi connectivity index (χ2n) is 6.05. The van der Waals surface area contributed by atoms with Crippen LogP contribution in [0.5, 0.6) is 5.75 Å². The third-order valence-electron chi connectivity index (χ3n) is 3.97. The Balaban J connectivity index is 2.34. The standard InChI is InChI=1S/C17H18O6/c1-17(2,20)12(18)8-11-9-4-5-13(19)23-14(9)10-6-7-22-16(10)15(11)21-3/h4-7,12,18,20H,8H2,1-3H3/t12-/m1/s1. The number of ether oxygens (including phenoxy) is 1. The highest BCUT2D eigenvalue weighted by atomic mass is 16.5. The molecule has 2 aromatic heterocycles. The summed E-state index contributed by atoms with van der Waals surface area (Å²) in [5, 5.41) is 21.5. The number of aliphatic hydroxyl groups excluding tert-OH is 1. The normalized spacial score (nSPS) is 13.6. The Labute approximate surface area is 131 Å². The monoisotopic (exact) mass is 318 g/mol. The fraction of sp³-hybridized carbons (Fsp3) is 0.353. The van der Waals surface area contributed by atoms with Gasteiger partial charge in [0.1, 0.15) is 5.58 Å². The van der Waals surface area contributed by atoms with Gasteiger partial charge in [0, 0.05) is 23.4 Å². The summed E-state index contributed by atoms with van der Waals surface area (Å²) >= 11 is 0. The molecule has 0 aliphatic rings. The first-order chi connectivity index (χ1) is 10.8. The number of rotatable bonds is 4. The topological polar surface area (TPSA) is 93.0 Å². The minimum atomic E-state index is -1.29. The Hall–Kier alpha value is -2.31. The molecule has 1 aromatic carbocycles. The van der Waals surface area contributed by atoms with Crippen LogP contribution in [0.4, 0.5) is 0 Å². The van der Waals surface area contributed by atoms with E-state index in [4.69, 9.17) is 13.6 Å². The van der Waals surface area contributed by atoms with Crippen LogP contribution in [-0.4, -0.2) is 29.0 Å². The third-order valence-corrected chi connectivity index (χ3v) is 3.97. The predicted molar refractivity (Wildman–Crippen MR) is 84.8 cm³/mol. The maximum atomic E-state index is 11.6. The number of furan rings is 1. The maximum absolute atomic E-state index is 11.6. The predicted octanol–water partition coefficient (Wildman–Crippen LogP) is 2.22. The molecule has 2 N–H and O–H groups in total. The van der Waals surface area contributed by atoms with Crippen molar-refractivity contribution in [2.75, 3.05) is 7.11 Å². The highest BCUT2D eigenvalue weighted by Crippen LogP contribution is 2.39. The Morgan fingerprint density at radius 2 is 1.96 bits per heavy atom. The van der Waals surface area contributed by atoms with Gasteiger partial charge in [0.25, 0.3) is 0 Å². The first-order valence-corrected chi connectivity index (χ1v) is 7.23. The van der Waals surface area contributed by atoms with Crippen molar-refractivity contribution in [1.82, 2.24) is 0 Å². The second kappa shape index (κ2) is 5.40. The Kier molecular flexibility index (Phi) is 3.66. The molecule has 3 aromatic rings. The molecule has 3 rings (SSSR count). The van der Waals surface area contributed by atoms with Gasteiger partial charge in [-0.2, -0.15) is 0 Å². The molecule has 0 aliphatic heterocycles. The number of benzene rings is 1. The summed E-state index contributed by atoms with van der Waals surface area (Å²) in [6.07, 6.45) is 0.572. The van der Waals surface area contributed by atoms with Gasteiger partial charge in [-0.1, -0.05) is 0 Å². The summed E-state index contributed by atoms with van der Waals surface area (Å²) in [7, 11) is 1.50. The molecule has 0 saturated carbocycles. The van der Waals surface area contributed by atoms with Crippen molar-refractivity contribution >= 4 is 21.9 Å². The van der Waals surface area contributed by atoms with Crippen molar-refractivity contribution in [1.29, 1.82) is 0 Å². The molecule has 122 valence electrons. The zero-order chi connectivity index (χ0) is 16.8. The number of hydrogen-bond acceptors (Lipinski definition) is 6. The van der Waals surface area contributed by atoms with Gasteiger partial charge < -0.3 is 23.8 Å². The maximum Gasteiger partial charge on any atom is 0.336 e. The SMILES string of the molecule is COc1c(C[C@@H](O)C(C)(C)O)c2ccc(=O)oc2c2ccoc12. The van der Waals surface area contributed by atoms with Crippen molar-refractivity contribution in [3.05, 3.63) is 40.4 Å². The van der Waals surface area contributed by atoms with Crippen molar-refractivity contribution in [2.24, 2.45) is 0 Å². The number of aliphatic hydroxyl groups is 2. The number of methoxy groups -OCH3 is 1. The average molecular weight is 318 g/mol. The first-order valence-electron chi connectivity index (χ1n) is 7.23. The molecule has 1 atom stereocenters. The Morgan fingerprint density at radius 1 is 1.22 bits per heavy atom. The van der Waals surface area contributed by atoms with Crippen LogP contribution in [0.2, 0.25) is 0 Å². The zero-order valence-electron chi connectivity index (χ0n) is 13.1.